The van der Waals surface area contributed by atoms with E-state index in [0.29, 0.717) is 5.56 Å². The molecule has 0 unspecified atom stereocenters. The van der Waals surface area contributed by atoms with E-state index < -0.39 is 29.9 Å². The fourth-order valence-corrected chi connectivity index (χ4v) is 3.71. The number of aromatic hydroxyl groups is 1. The highest BCUT2D eigenvalue weighted by Crippen LogP contribution is 2.38. The van der Waals surface area contributed by atoms with Crippen LogP contribution in [-0.2, 0) is 28.7 Å². The van der Waals surface area contributed by atoms with Crippen LogP contribution in [-0.4, -0.2) is 33.7 Å². The summed E-state index contributed by atoms with van der Waals surface area (Å²) in [5.74, 6) is -1.58. The van der Waals surface area contributed by atoms with Crippen LogP contribution < -0.4 is 4.74 Å². The van der Waals surface area contributed by atoms with Crippen molar-refractivity contribution in [2.75, 3.05) is 6.54 Å². The second-order valence-corrected chi connectivity index (χ2v) is 7.96. The lowest BCUT2D eigenvalue weighted by Crippen LogP contribution is -2.24. The summed E-state index contributed by atoms with van der Waals surface area (Å²) in [7, 11) is 0. The van der Waals surface area contributed by atoms with Gasteiger partial charge in [-0.15, -0.1) is 0 Å². The van der Waals surface area contributed by atoms with E-state index in [0.717, 1.165) is 23.8 Å². The van der Waals surface area contributed by atoms with E-state index in [1.165, 1.54) is 23.1 Å². The molecule has 1 atom stereocenters. The number of phenolic OH excluding ortho intramolecular Hbond substituents is 1. The monoisotopic (exact) mass is 487 g/mol. The summed E-state index contributed by atoms with van der Waals surface area (Å²) in [6, 6.07) is 15.7. The highest BCUT2D eigenvalue weighted by atomic mass is 19.4. The molecule has 1 amide bonds. The number of rotatable bonds is 7. The van der Waals surface area contributed by atoms with Crippen LogP contribution in [0.4, 0.5) is 18.0 Å². The van der Waals surface area contributed by atoms with Crippen molar-refractivity contribution in [3.05, 3.63) is 89.0 Å². The van der Waals surface area contributed by atoms with E-state index in [2.05, 4.69) is 0 Å². The first-order chi connectivity index (χ1) is 16.6. The summed E-state index contributed by atoms with van der Waals surface area (Å²) in [6.07, 6.45) is -6.23. The quantitative estimate of drug-likeness (QED) is 0.455. The van der Waals surface area contributed by atoms with Crippen LogP contribution >= 0.6 is 0 Å². The first kappa shape index (κ1) is 23.9. The Kier molecular flexibility index (Phi) is 6.54. The molecular weight excluding hydrogens is 467 g/mol. The van der Waals surface area contributed by atoms with Crippen molar-refractivity contribution in [3.8, 4) is 17.2 Å². The molecule has 1 aliphatic heterocycles. The van der Waals surface area contributed by atoms with Gasteiger partial charge in [0, 0.05) is 5.56 Å². The third kappa shape index (κ3) is 5.65. The number of carbonyl (C=O) groups excluding carboxylic acids is 1. The highest BCUT2D eigenvalue weighted by Gasteiger charge is 2.35. The number of ether oxygens (including phenoxy) is 2. The van der Waals surface area contributed by atoms with Crippen molar-refractivity contribution in [2.45, 2.75) is 25.2 Å². The Morgan fingerprint density at radius 1 is 1.06 bits per heavy atom. The Bertz CT molecular complexity index is 1250. The summed E-state index contributed by atoms with van der Waals surface area (Å²) in [5, 5.41) is 19.2. The van der Waals surface area contributed by atoms with Crippen LogP contribution in [0.2, 0.25) is 0 Å². The van der Waals surface area contributed by atoms with Gasteiger partial charge in [-0.1, -0.05) is 36.4 Å². The van der Waals surface area contributed by atoms with Gasteiger partial charge in [0.15, 0.2) is 11.5 Å². The predicted molar refractivity (Wildman–Crippen MR) is 117 cm³/mol. The molecule has 1 saturated heterocycles. The average molecular weight is 487 g/mol. The van der Waals surface area contributed by atoms with Gasteiger partial charge in [-0.2, -0.15) is 13.2 Å². The van der Waals surface area contributed by atoms with Gasteiger partial charge in [-0.3, -0.25) is 9.69 Å². The maximum Gasteiger partial charge on any atom is 0.416 e. The summed E-state index contributed by atoms with van der Waals surface area (Å²) < 4.78 is 51.3. The molecule has 0 saturated carbocycles. The maximum atomic E-state index is 13.4. The summed E-state index contributed by atoms with van der Waals surface area (Å²) in [5.41, 5.74) is 0.181. The van der Waals surface area contributed by atoms with Gasteiger partial charge in [0.25, 0.3) is 0 Å². The molecule has 182 valence electrons. The third-order valence-electron chi connectivity index (χ3n) is 5.41. The number of benzene rings is 3. The number of halogens is 3. The number of carboxylic acids is 1. The number of cyclic esters (lactones) is 1. The lowest BCUT2D eigenvalue weighted by molar-refractivity contribution is -0.138. The van der Waals surface area contributed by atoms with Crippen molar-refractivity contribution in [2.24, 2.45) is 0 Å². The van der Waals surface area contributed by atoms with Crippen molar-refractivity contribution in [1.29, 1.82) is 0 Å². The number of hydrogen-bond donors (Lipinski definition) is 2. The fourth-order valence-electron chi connectivity index (χ4n) is 3.71. The third-order valence-corrected chi connectivity index (χ3v) is 5.41. The number of amides is 1. The van der Waals surface area contributed by atoms with Gasteiger partial charge in [-0.25, -0.2) is 4.79 Å². The minimum Gasteiger partial charge on any atom is -0.504 e. The standard InChI is InChI=1S/C25H20F3NO6/c26-25(27,28)18-7-9-20(34-21-10-15(11-23(31)32)6-8-19(21)30)17(12-18)13-29-14-22(35-24(29)33)16-4-2-1-3-5-16/h1-10,12,22,30H,11,13-14H2,(H,31,32)/t22-/m1/s1. The molecular formula is C25H20F3NO6. The normalized spacial score (nSPS) is 15.7. The van der Waals surface area contributed by atoms with E-state index >= 15 is 0 Å². The zero-order valence-electron chi connectivity index (χ0n) is 18.2. The molecule has 35 heavy (non-hydrogen) atoms. The second kappa shape index (κ2) is 9.57. The molecule has 3 aromatic carbocycles. The number of nitrogens with zero attached hydrogens (tertiary/aromatic N) is 1. The first-order valence-electron chi connectivity index (χ1n) is 10.5. The van der Waals surface area contributed by atoms with E-state index in [1.54, 1.807) is 24.3 Å². The van der Waals surface area contributed by atoms with Crippen LogP contribution in [0.15, 0.2) is 66.7 Å². The van der Waals surface area contributed by atoms with Crippen LogP contribution in [0.1, 0.15) is 28.4 Å². The van der Waals surface area contributed by atoms with Gasteiger partial charge in [0.05, 0.1) is 25.1 Å². The number of aliphatic carboxylic acids is 1. The molecule has 1 fully saturated rings. The van der Waals surface area contributed by atoms with E-state index in [9.17, 15) is 27.9 Å². The van der Waals surface area contributed by atoms with Crippen LogP contribution in [0.5, 0.6) is 17.2 Å². The van der Waals surface area contributed by atoms with E-state index in [4.69, 9.17) is 14.6 Å². The van der Waals surface area contributed by atoms with Gasteiger partial charge in [0.2, 0.25) is 0 Å². The van der Waals surface area contributed by atoms with Gasteiger partial charge in [-0.05, 0) is 41.5 Å². The number of phenols is 1. The van der Waals surface area contributed by atoms with Crippen LogP contribution in [0.25, 0.3) is 0 Å². The summed E-state index contributed by atoms with van der Waals surface area (Å²) in [4.78, 5) is 24.7. The number of hydrogen-bond acceptors (Lipinski definition) is 5. The smallest absolute Gasteiger partial charge is 0.416 e. The zero-order chi connectivity index (χ0) is 25.2. The highest BCUT2D eigenvalue weighted by molar-refractivity contribution is 5.71. The zero-order valence-corrected chi connectivity index (χ0v) is 18.2. The molecule has 10 heteroatoms. The largest absolute Gasteiger partial charge is 0.504 e. The number of carboxylic acid groups (broad SMARTS) is 1. The first-order valence-corrected chi connectivity index (χ1v) is 10.5. The Morgan fingerprint density at radius 2 is 1.80 bits per heavy atom. The molecule has 0 radical (unpaired) electrons. The van der Waals surface area contributed by atoms with Crippen molar-refractivity contribution in [1.82, 2.24) is 4.90 Å². The summed E-state index contributed by atoms with van der Waals surface area (Å²) in [6.45, 7) is -0.116. The molecule has 2 N–H and O–H groups in total. The molecule has 7 nitrogen and oxygen atoms in total. The molecule has 0 aromatic heterocycles. The molecule has 0 spiro atoms. The Hall–Kier alpha value is -4.21. The summed E-state index contributed by atoms with van der Waals surface area (Å²) >= 11 is 0. The fraction of sp³-hybridized carbons (Fsp3) is 0.200. The van der Waals surface area contributed by atoms with E-state index in [1.807, 2.05) is 6.07 Å². The molecule has 0 aliphatic carbocycles. The predicted octanol–water partition coefficient (Wildman–Crippen LogP) is 5.52. The SMILES string of the molecule is O=C(O)Cc1ccc(O)c(Oc2ccc(C(F)(F)F)cc2CN2C[C@H](c3ccccc3)OC2=O)c1. The maximum absolute atomic E-state index is 13.4. The Balaban J connectivity index is 1.63. The number of carbonyl (C=O) groups is 2. The van der Waals surface area contributed by atoms with Crippen molar-refractivity contribution < 1.29 is 42.4 Å². The van der Waals surface area contributed by atoms with Crippen LogP contribution in [0.3, 0.4) is 0 Å². The van der Waals surface area contributed by atoms with E-state index in [-0.39, 0.29) is 42.3 Å². The lowest BCUT2D eigenvalue weighted by Gasteiger charge is -2.19. The topological polar surface area (TPSA) is 96.3 Å². The molecule has 3 aromatic rings. The Labute approximate surface area is 197 Å². The molecule has 1 heterocycles. The average Bonchev–Trinajstić information content (AvgIpc) is 3.17. The molecule has 0 bridgehead atoms. The van der Waals surface area contributed by atoms with Gasteiger partial charge >= 0.3 is 18.2 Å². The van der Waals surface area contributed by atoms with Gasteiger partial charge < -0.3 is 19.7 Å². The van der Waals surface area contributed by atoms with Crippen LogP contribution in [0, 0.1) is 0 Å². The Morgan fingerprint density at radius 3 is 2.49 bits per heavy atom. The lowest BCUT2D eigenvalue weighted by atomic mass is 10.1. The number of alkyl halides is 3. The molecule has 4 rings (SSSR count). The van der Waals surface area contributed by atoms with Gasteiger partial charge in [0.1, 0.15) is 11.9 Å². The second-order valence-electron chi connectivity index (χ2n) is 7.96. The molecule has 1 aliphatic rings. The minimum atomic E-state index is -4.63. The van der Waals surface area contributed by atoms with Crippen molar-refractivity contribution in [3.63, 3.8) is 0 Å². The van der Waals surface area contributed by atoms with Crippen molar-refractivity contribution >= 4 is 12.1 Å². The minimum absolute atomic E-state index is 0.0308.